The summed E-state index contributed by atoms with van der Waals surface area (Å²) in [7, 11) is 3.98. The minimum Gasteiger partial charge on any atom is -0.490 e. The van der Waals surface area contributed by atoms with Crippen molar-refractivity contribution in [1.29, 1.82) is 0 Å². The Morgan fingerprint density at radius 2 is 1.71 bits per heavy atom. The Morgan fingerprint density at radius 3 is 2.42 bits per heavy atom. The number of pyridine rings is 1. The van der Waals surface area contributed by atoms with E-state index in [2.05, 4.69) is 48.0 Å². The standard InChI is InChI=1S/C23H25N7O/c1-29(2)20-8-5-17(13-24-20)16-3-6-18(7-4-16)31-19-9-11-30(12-10-19)23-21-22(26-14-25-21)27-15-28-23/h3-8,13-15,19H,9-12H2,1-2H3,(H,25,26,27,28). The minimum absolute atomic E-state index is 0.197. The molecule has 0 spiro atoms. The largest absolute Gasteiger partial charge is 0.490 e. The van der Waals surface area contributed by atoms with E-state index in [4.69, 9.17) is 4.74 Å². The van der Waals surface area contributed by atoms with Crippen LogP contribution in [-0.2, 0) is 0 Å². The predicted molar refractivity (Wildman–Crippen MR) is 122 cm³/mol. The number of aromatic amines is 1. The minimum atomic E-state index is 0.197. The van der Waals surface area contributed by atoms with Gasteiger partial charge in [-0.1, -0.05) is 12.1 Å². The normalized spacial score (nSPS) is 14.7. The molecule has 0 unspecified atom stereocenters. The maximum absolute atomic E-state index is 6.25. The molecule has 0 amide bonds. The summed E-state index contributed by atoms with van der Waals surface area (Å²) >= 11 is 0. The van der Waals surface area contributed by atoms with Gasteiger partial charge >= 0.3 is 0 Å². The lowest BCUT2D eigenvalue weighted by molar-refractivity contribution is 0.171. The number of nitrogens with one attached hydrogen (secondary N) is 1. The van der Waals surface area contributed by atoms with Crippen LogP contribution in [0.15, 0.2) is 55.2 Å². The molecule has 1 saturated heterocycles. The lowest BCUT2D eigenvalue weighted by atomic mass is 10.1. The number of nitrogens with zero attached hydrogens (tertiary/aromatic N) is 6. The first-order chi connectivity index (χ1) is 15.2. The van der Waals surface area contributed by atoms with Gasteiger partial charge in [-0.15, -0.1) is 0 Å². The van der Waals surface area contributed by atoms with Crippen molar-refractivity contribution < 1.29 is 4.74 Å². The molecule has 1 aromatic carbocycles. The Bertz CT molecular complexity index is 1150. The van der Waals surface area contributed by atoms with Crippen LogP contribution in [-0.4, -0.2) is 58.2 Å². The van der Waals surface area contributed by atoms with E-state index in [1.54, 1.807) is 12.7 Å². The van der Waals surface area contributed by atoms with E-state index in [9.17, 15) is 0 Å². The number of anilines is 2. The second-order valence-corrected chi connectivity index (χ2v) is 7.93. The van der Waals surface area contributed by atoms with Crippen LogP contribution < -0.4 is 14.5 Å². The number of aromatic nitrogens is 5. The van der Waals surface area contributed by atoms with Crippen LogP contribution in [0, 0.1) is 0 Å². The van der Waals surface area contributed by atoms with Crippen LogP contribution >= 0.6 is 0 Å². The summed E-state index contributed by atoms with van der Waals surface area (Å²) in [5.41, 5.74) is 3.83. The van der Waals surface area contributed by atoms with E-state index in [0.29, 0.717) is 5.65 Å². The van der Waals surface area contributed by atoms with Crippen molar-refractivity contribution in [3.8, 4) is 16.9 Å². The van der Waals surface area contributed by atoms with Gasteiger partial charge in [-0.3, -0.25) is 0 Å². The number of H-pyrrole nitrogens is 1. The van der Waals surface area contributed by atoms with E-state index in [1.807, 2.05) is 43.4 Å². The second kappa shape index (κ2) is 8.22. The Balaban J connectivity index is 1.20. The van der Waals surface area contributed by atoms with Crippen molar-refractivity contribution >= 4 is 22.8 Å². The number of benzene rings is 1. The number of imidazole rings is 1. The SMILES string of the molecule is CN(C)c1ccc(-c2ccc(OC3CCN(c4ncnc5nc[nH]c45)CC3)cc2)cn1. The zero-order valence-electron chi connectivity index (χ0n) is 17.7. The van der Waals surface area contributed by atoms with Crippen LogP contribution in [0.4, 0.5) is 11.6 Å². The molecule has 0 bridgehead atoms. The number of fused-ring (bicyclic) bond motifs is 1. The molecule has 0 aliphatic carbocycles. The first-order valence-corrected chi connectivity index (χ1v) is 10.5. The molecule has 0 atom stereocenters. The summed E-state index contributed by atoms with van der Waals surface area (Å²) in [6.07, 6.45) is 7.22. The Kier molecular flexibility index (Phi) is 5.11. The molecule has 5 rings (SSSR count). The quantitative estimate of drug-likeness (QED) is 0.534. The number of hydrogen-bond acceptors (Lipinski definition) is 7. The van der Waals surface area contributed by atoms with Crippen molar-refractivity contribution in [1.82, 2.24) is 24.9 Å². The molecule has 1 aliphatic rings. The first-order valence-electron chi connectivity index (χ1n) is 10.5. The summed E-state index contributed by atoms with van der Waals surface area (Å²) in [6.45, 7) is 1.77. The summed E-state index contributed by atoms with van der Waals surface area (Å²) in [5, 5.41) is 0. The highest BCUT2D eigenvalue weighted by Crippen LogP contribution is 2.27. The highest BCUT2D eigenvalue weighted by Gasteiger charge is 2.23. The molecule has 4 heterocycles. The number of rotatable bonds is 5. The van der Waals surface area contributed by atoms with E-state index in [0.717, 1.165) is 60.0 Å². The van der Waals surface area contributed by atoms with Gasteiger partial charge in [0.2, 0.25) is 0 Å². The molecule has 0 saturated carbocycles. The molecule has 31 heavy (non-hydrogen) atoms. The first kappa shape index (κ1) is 19.3. The average molecular weight is 416 g/mol. The predicted octanol–water partition coefficient (Wildman–Crippen LogP) is 3.53. The molecule has 1 fully saturated rings. The van der Waals surface area contributed by atoms with Crippen LogP contribution in [0.2, 0.25) is 0 Å². The third-order valence-electron chi connectivity index (χ3n) is 5.64. The fourth-order valence-corrected chi connectivity index (χ4v) is 3.92. The molecule has 8 heteroatoms. The van der Waals surface area contributed by atoms with Gasteiger partial charge in [0, 0.05) is 51.8 Å². The molecular weight excluding hydrogens is 390 g/mol. The fourth-order valence-electron chi connectivity index (χ4n) is 3.92. The van der Waals surface area contributed by atoms with Gasteiger partial charge in [0.1, 0.15) is 29.5 Å². The van der Waals surface area contributed by atoms with Crippen LogP contribution in [0.25, 0.3) is 22.3 Å². The lowest BCUT2D eigenvalue weighted by Crippen LogP contribution is -2.38. The van der Waals surface area contributed by atoms with Gasteiger partial charge in [0.15, 0.2) is 11.5 Å². The smallest absolute Gasteiger partial charge is 0.182 e. The Labute approximate surface area is 180 Å². The molecule has 0 radical (unpaired) electrons. The van der Waals surface area contributed by atoms with Crippen molar-refractivity contribution in [3.63, 3.8) is 0 Å². The summed E-state index contributed by atoms with van der Waals surface area (Å²) in [4.78, 5) is 24.8. The highest BCUT2D eigenvalue weighted by molar-refractivity contribution is 5.82. The molecular formula is C23H25N7O. The van der Waals surface area contributed by atoms with Gasteiger partial charge in [-0.05, 0) is 29.8 Å². The molecule has 1 N–H and O–H groups in total. The fraction of sp³-hybridized carbons (Fsp3) is 0.304. The van der Waals surface area contributed by atoms with Crippen molar-refractivity contribution in [2.24, 2.45) is 0 Å². The van der Waals surface area contributed by atoms with E-state index in [-0.39, 0.29) is 6.10 Å². The Hall–Kier alpha value is -3.68. The monoisotopic (exact) mass is 415 g/mol. The molecule has 8 nitrogen and oxygen atoms in total. The second-order valence-electron chi connectivity index (χ2n) is 7.93. The van der Waals surface area contributed by atoms with Gasteiger partial charge < -0.3 is 19.5 Å². The van der Waals surface area contributed by atoms with Gasteiger partial charge in [0.25, 0.3) is 0 Å². The van der Waals surface area contributed by atoms with Crippen molar-refractivity contribution in [2.45, 2.75) is 18.9 Å². The van der Waals surface area contributed by atoms with E-state index >= 15 is 0 Å². The van der Waals surface area contributed by atoms with Crippen LogP contribution in [0.1, 0.15) is 12.8 Å². The zero-order valence-corrected chi connectivity index (χ0v) is 17.7. The van der Waals surface area contributed by atoms with Gasteiger partial charge in [0.05, 0.1) is 6.33 Å². The maximum Gasteiger partial charge on any atom is 0.182 e. The summed E-state index contributed by atoms with van der Waals surface area (Å²) < 4.78 is 6.25. The average Bonchev–Trinajstić information content (AvgIpc) is 3.29. The van der Waals surface area contributed by atoms with E-state index in [1.165, 1.54) is 0 Å². The molecule has 4 aromatic rings. The molecule has 158 valence electrons. The maximum atomic E-state index is 6.25. The van der Waals surface area contributed by atoms with Gasteiger partial charge in [-0.2, -0.15) is 0 Å². The highest BCUT2D eigenvalue weighted by atomic mass is 16.5. The number of ether oxygens (including phenoxy) is 1. The topological polar surface area (TPSA) is 83.1 Å². The third-order valence-corrected chi connectivity index (χ3v) is 5.64. The van der Waals surface area contributed by atoms with E-state index < -0.39 is 0 Å². The van der Waals surface area contributed by atoms with Crippen molar-refractivity contribution in [2.75, 3.05) is 37.0 Å². The lowest BCUT2D eigenvalue weighted by Gasteiger charge is -2.33. The number of hydrogen-bond donors (Lipinski definition) is 1. The molecule has 1 aliphatic heterocycles. The summed E-state index contributed by atoms with van der Waals surface area (Å²) in [6, 6.07) is 12.4. The third kappa shape index (κ3) is 4.01. The summed E-state index contributed by atoms with van der Waals surface area (Å²) in [5.74, 6) is 2.77. The zero-order chi connectivity index (χ0) is 21.2. The van der Waals surface area contributed by atoms with Crippen LogP contribution in [0.3, 0.4) is 0 Å². The van der Waals surface area contributed by atoms with Gasteiger partial charge in [-0.25, -0.2) is 19.9 Å². The molecule has 3 aromatic heterocycles. The van der Waals surface area contributed by atoms with Crippen LogP contribution in [0.5, 0.6) is 5.75 Å². The number of piperidine rings is 1. The Morgan fingerprint density at radius 1 is 0.935 bits per heavy atom. The van der Waals surface area contributed by atoms with Crippen molar-refractivity contribution in [3.05, 3.63) is 55.2 Å².